The lowest BCUT2D eigenvalue weighted by atomic mass is 10.1. The van der Waals surface area contributed by atoms with Gasteiger partial charge in [0.1, 0.15) is 0 Å². The first-order chi connectivity index (χ1) is 9.47. The van der Waals surface area contributed by atoms with Gasteiger partial charge < -0.3 is 15.7 Å². The van der Waals surface area contributed by atoms with Crippen LogP contribution in [0.5, 0.6) is 0 Å². The lowest BCUT2D eigenvalue weighted by molar-refractivity contribution is 0.0698. The Morgan fingerprint density at radius 1 is 1.35 bits per heavy atom. The molecule has 2 amide bonds. The molecular formula is C14H17ClN2O3. The number of carboxylic acids is 1. The summed E-state index contributed by atoms with van der Waals surface area (Å²) in [4.78, 5) is 23.0. The molecule has 20 heavy (non-hydrogen) atoms. The summed E-state index contributed by atoms with van der Waals surface area (Å²) in [7, 11) is 0. The van der Waals surface area contributed by atoms with E-state index < -0.39 is 5.97 Å². The molecule has 1 aliphatic carbocycles. The molecule has 1 saturated carbocycles. The molecular weight excluding hydrogens is 280 g/mol. The van der Waals surface area contributed by atoms with Crippen LogP contribution in [0.1, 0.15) is 36.5 Å². The molecule has 1 aliphatic rings. The number of anilines is 1. The van der Waals surface area contributed by atoms with Gasteiger partial charge in [0.2, 0.25) is 0 Å². The molecule has 5 nitrogen and oxygen atoms in total. The Morgan fingerprint density at radius 3 is 2.70 bits per heavy atom. The number of carboxylic acid groups (broad SMARTS) is 1. The molecule has 2 atom stereocenters. The van der Waals surface area contributed by atoms with E-state index in [0.29, 0.717) is 10.9 Å². The van der Waals surface area contributed by atoms with Crippen LogP contribution in [-0.4, -0.2) is 23.1 Å². The first-order valence-corrected chi connectivity index (χ1v) is 6.95. The number of aromatic carboxylic acids is 1. The van der Waals surface area contributed by atoms with Gasteiger partial charge in [-0.05, 0) is 37.0 Å². The van der Waals surface area contributed by atoms with E-state index in [-0.39, 0.29) is 23.3 Å². The molecule has 1 fully saturated rings. The maximum absolute atomic E-state index is 11.9. The van der Waals surface area contributed by atoms with Gasteiger partial charge in [0.25, 0.3) is 0 Å². The van der Waals surface area contributed by atoms with Gasteiger partial charge in [0, 0.05) is 11.1 Å². The smallest absolute Gasteiger partial charge is 0.337 e. The monoisotopic (exact) mass is 296 g/mol. The minimum atomic E-state index is -1.13. The average Bonchev–Trinajstić information content (AvgIpc) is 2.77. The predicted molar refractivity (Wildman–Crippen MR) is 77.4 cm³/mol. The zero-order valence-corrected chi connectivity index (χ0v) is 11.9. The fraction of sp³-hybridized carbons (Fsp3) is 0.429. The average molecular weight is 297 g/mol. The van der Waals surface area contributed by atoms with Crippen molar-refractivity contribution in [3.05, 3.63) is 28.8 Å². The number of halogens is 1. The SMILES string of the molecule is CC1CCCC1NC(=O)Nc1ccc(Cl)cc1C(=O)O. The van der Waals surface area contributed by atoms with Gasteiger partial charge in [-0.2, -0.15) is 0 Å². The van der Waals surface area contributed by atoms with Crippen LogP contribution in [-0.2, 0) is 0 Å². The molecule has 0 heterocycles. The van der Waals surface area contributed by atoms with Gasteiger partial charge in [-0.1, -0.05) is 24.9 Å². The standard InChI is InChI=1S/C14H17ClN2O3/c1-8-3-2-4-11(8)16-14(20)17-12-6-5-9(15)7-10(12)13(18)19/h5-8,11H,2-4H2,1H3,(H,18,19)(H2,16,17,20). The molecule has 3 N–H and O–H groups in total. The van der Waals surface area contributed by atoms with Crippen LogP contribution in [0.4, 0.5) is 10.5 Å². The van der Waals surface area contributed by atoms with E-state index in [0.717, 1.165) is 19.3 Å². The van der Waals surface area contributed by atoms with Crippen molar-refractivity contribution in [2.45, 2.75) is 32.2 Å². The summed E-state index contributed by atoms with van der Waals surface area (Å²) in [5.74, 6) is -0.679. The first-order valence-electron chi connectivity index (χ1n) is 6.57. The number of carbonyl (C=O) groups is 2. The van der Waals surface area contributed by atoms with Crippen LogP contribution in [0, 0.1) is 5.92 Å². The Labute approximate surface area is 122 Å². The molecule has 2 rings (SSSR count). The van der Waals surface area contributed by atoms with E-state index in [1.807, 2.05) is 0 Å². The summed E-state index contributed by atoms with van der Waals surface area (Å²) >= 11 is 5.76. The molecule has 2 unspecified atom stereocenters. The third-order valence-corrected chi connectivity index (χ3v) is 3.87. The Hall–Kier alpha value is -1.75. The minimum Gasteiger partial charge on any atom is -0.478 e. The summed E-state index contributed by atoms with van der Waals surface area (Å²) in [5, 5.41) is 14.9. The van der Waals surface area contributed by atoms with Crippen molar-refractivity contribution >= 4 is 29.3 Å². The molecule has 1 aromatic rings. The number of nitrogens with one attached hydrogen (secondary N) is 2. The number of benzene rings is 1. The number of carbonyl (C=O) groups excluding carboxylic acids is 1. The number of urea groups is 1. The molecule has 0 bridgehead atoms. The molecule has 108 valence electrons. The first kappa shape index (κ1) is 14.7. The molecule has 6 heteroatoms. The quantitative estimate of drug-likeness (QED) is 0.800. The number of hydrogen-bond acceptors (Lipinski definition) is 2. The van der Waals surface area contributed by atoms with Crippen molar-refractivity contribution in [1.29, 1.82) is 0 Å². The Morgan fingerprint density at radius 2 is 2.10 bits per heavy atom. The minimum absolute atomic E-state index is 0.0212. The van der Waals surface area contributed by atoms with Gasteiger partial charge >= 0.3 is 12.0 Å². The van der Waals surface area contributed by atoms with Crippen LogP contribution in [0.3, 0.4) is 0 Å². The van der Waals surface area contributed by atoms with E-state index in [9.17, 15) is 9.59 Å². The van der Waals surface area contributed by atoms with Crippen molar-refractivity contribution < 1.29 is 14.7 Å². The van der Waals surface area contributed by atoms with Crippen LogP contribution >= 0.6 is 11.6 Å². The number of amides is 2. The van der Waals surface area contributed by atoms with Crippen LogP contribution in [0.2, 0.25) is 5.02 Å². The second kappa shape index (κ2) is 6.13. The highest BCUT2D eigenvalue weighted by atomic mass is 35.5. The fourth-order valence-electron chi connectivity index (χ4n) is 2.49. The van der Waals surface area contributed by atoms with Crippen LogP contribution in [0.25, 0.3) is 0 Å². The Kier molecular flexibility index (Phi) is 4.49. The van der Waals surface area contributed by atoms with Gasteiger partial charge in [-0.15, -0.1) is 0 Å². The largest absolute Gasteiger partial charge is 0.478 e. The number of rotatable bonds is 3. The van der Waals surface area contributed by atoms with Crippen molar-refractivity contribution in [1.82, 2.24) is 5.32 Å². The van der Waals surface area contributed by atoms with Gasteiger partial charge in [-0.25, -0.2) is 9.59 Å². The van der Waals surface area contributed by atoms with Crippen molar-refractivity contribution in [3.63, 3.8) is 0 Å². The molecule has 0 spiro atoms. The van der Waals surface area contributed by atoms with Crippen molar-refractivity contribution in [3.8, 4) is 0 Å². The summed E-state index contributed by atoms with van der Waals surface area (Å²) in [6.07, 6.45) is 3.17. The van der Waals surface area contributed by atoms with E-state index >= 15 is 0 Å². The number of hydrogen-bond donors (Lipinski definition) is 3. The summed E-state index contributed by atoms with van der Waals surface area (Å²) in [6.45, 7) is 2.10. The topological polar surface area (TPSA) is 78.4 Å². The van der Waals surface area contributed by atoms with Crippen LogP contribution < -0.4 is 10.6 Å². The maximum Gasteiger partial charge on any atom is 0.337 e. The maximum atomic E-state index is 11.9. The summed E-state index contributed by atoms with van der Waals surface area (Å²) < 4.78 is 0. The fourth-order valence-corrected chi connectivity index (χ4v) is 2.66. The second-order valence-corrected chi connectivity index (χ2v) is 5.54. The highest BCUT2D eigenvalue weighted by molar-refractivity contribution is 6.31. The molecule has 0 radical (unpaired) electrons. The third kappa shape index (κ3) is 3.42. The lowest BCUT2D eigenvalue weighted by Gasteiger charge is -2.18. The van der Waals surface area contributed by atoms with E-state index in [1.54, 1.807) is 6.07 Å². The Bertz CT molecular complexity index is 533. The van der Waals surface area contributed by atoms with Crippen molar-refractivity contribution in [2.75, 3.05) is 5.32 Å². The predicted octanol–water partition coefficient (Wildman–Crippen LogP) is 3.35. The van der Waals surface area contributed by atoms with Crippen LogP contribution in [0.15, 0.2) is 18.2 Å². The van der Waals surface area contributed by atoms with E-state index in [1.165, 1.54) is 12.1 Å². The van der Waals surface area contributed by atoms with E-state index in [4.69, 9.17) is 16.7 Å². The van der Waals surface area contributed by atoms with Crippen molar-refractivity contribution in [2.24, 2.45) is 5.92 Å². The highest BCUT2D eigenvalue weighted by Crippen LogP contribution is 2.25. The molecule has 1 aromatic carbocycles. The second-order valence-electron chi connectivity index (χ2n) is 5.11. The summed E-state index contributed by atoms with van der Waals surface area (Å²) in [5.41, 5.74) is 0.220. The molecule has 0 saturated heterocycles. The zero-order valence-electron chi connectivity index (χ0n) is 11.1. The van der Waals surface area contributed by atoms with Gasteiger partial charge in [0.05, 0.1) is 11.3 Å². The van der Waals surface area contributed by atoms with Gasteiger partial charge in [-0.3, -0.25) is 0 Å². The molecule has 0 aliphatic heterocycles. The zero-order chi connectivity index (χ0) is 14.7. The normalized spacial score (nSPS) is 21.5. The Balaban J connectivity index is 2.06. The third-order valence-electron chi connectivity index (χ3n) is 3.64. The van der Waals surface area contributed by atoms with E-state index in [2.05, 4.69) is 17.6 Å². The molecule has 0 aromatic heterocycles. The summed E-state index contributed by atoms with van der Waals surface area (Å²) in [6, 6.07) is 4.12. The van der Waals surface area contributed by atoms with Gasteiger partial charge in [0.15, 0.2) is 0 Å². The lowest BCUT2D eigenvalue weighted by Crippen LogP contribution is -2.39. The highest BCUT2D eigenvalue weighted by Gasteiger charge is 2.25.